The summed E-state index contributed by atoms with van der Waals surface area (Å²) >= 11 is 2.21. The van der Waals surface area contributed by atoms with Crippen LogP contribution >= 0.6 is 22.6 Å². The highest BCUT2D eigenvalue weighted by atomic mass is 127. The Labute approximate surface area is 136 Å². The van der Waals surface area contributed by atoms with Crippen LogP contribution in [-0.4, -0.2) is 17.0 Å². The van der Waals surface area contributed by atoms with Gasteiger partial charge in [0.25, 0.3) is 0 Å². The molecular formula is C16H14INO3. The van der Waals surface area contributed by atoms with Crippen molar-refractivity contribution >= 4 is 40.2 Å². The van der Waals surface area contributed by atoms with Gasteiger partial charge in [0.1, 0.15) is 0 Å². The summed E-state index contributed by atoms with van der Waals surface area (Å²) in [6, 6.07) is 12.2. The van der Waals surface area contributed by atoms with Crippen LogP contribution in [0.15, 0.2) is 42.5 Å². The average Bonchev–Trinajstić information content (AvgIpc) is 2.43. The monoisotopic (exact) mass is 395 g/mol. The summed E-state index contributed by atoms with van der Waals surface area (Å²) in [5.74, 6) is -1.26. The van der Waals surface area contributed by atoms with E-state index in [0.29, 0.717) is 11.3 Å². The maximum atomic E-state index is 12.0. The smallest absolute Gasteiger partial charge is 0.335 e. The second kappa shape index (κ2) is 6.71. The van der Waals surface area contributed by atoms with Crippen molar-refractivity contribution in [3.8, 4) is 0 Å². The van der Waals surface area contributed by atoms with Crippen LogP contribution < -0.4 is 5.32 Å². The van der Waals surface area contributed by atoms with Crippen LogP contribution in [0.3, 0.4) is 0 Å². The Kier molecular flexibility index (Phi) is 4.95. The molecule has 0 saturated carbocycles. The predicted molar refractivity (Wildman–Crippen MR) is 89.6 cm³/mol. The normalized spacial score (nSPS) is 10.2. The first-order chi connectivity index (χ1) is 9.97. The predicted octanol–water partition coefficient (Wildman–Crippen LogP) is 3.48. The van der Waals surface area contributed by atoms with E-state index in [2.05, 4.69) is 27.9 Å². The Morgan fingerprint density at radius 1 is 1.19 bits per heavy atom. The molecule has 0 bridgehead atoms. The molecule has 0 aliphatic carbocycles. The molecule has 2 aromatic carbocycles. The van der Waals surface area contributed by atoms with E-state index in [-0.39, 0.29) is 17.9 Å². The number of carboxylic acids is 1. The number of anilines is 1. The molecule has 0 heterocycles. The molecule has 4 nitrogen and oxygen atoms in total. The summed E-state index contributed by atoms with van der Waals surface area (Å²) in [4.78, 5) is 23.2. The summed E-state index contributed by atoms with van der Waals surface area (Å²) in [6.07, 6.45) is 0.0347. The quantitative estimate of drug-likeness (QED) is 0.780. The molecule has 0 spiro atoms. The first-order valence-electron chi connectivity index (χ1n) is 6.34. The minimum Gasteiger partial charge on any atom is -0.478 e. The molecule has 2 aromatic rings. The Bertz CT molecular complexity index is 698. The fourth-order valence-corrected chi connectivity index (χ4v) is 2.45. The van der Waals surface area contributed by atoms with Crippen LogP contribution in [0.25, 0.3) is 0 Å². The molecule has 1 amide bonds. The number of aromatic carboxylic acids is 1. The largest absolute Gasteiger partial charge is 0.478 e. The molecule has 0 radical (unpaired) electrons. The lowest BCUT2D eigenvalue weighted by atomic mass is 10.0. The number of benzene rings is 2. The van der Waals surface area contributed by atoms with Crippen molar-refractivity contribution in [1.29, 1.82) is 0 Å². The van der Waals surface area contributed by atoms with Crippen LogP contribution in [0, 0.1) is 10.5 Å². The zero-order valence-electron chi connectivity index (χ0n) is 11.4. The second-order valence-electron chi connectivity index (χ2n) is 4.65. The molecule has 2 rings (SSSR count). The zero-order valence-corrected chi connectivity index (χ0v) is 13.5. The fraction of sp³-hybridized carbons (Fsp3) is 0.125. The maximum absolute atomic E-state index is 12.0. The molecule has 0 aromatic heterocycles. The first kappa shape index (κ1) is 15.5. The summed E-state index contributed by atoms with van der Waals surface area (Å²) in [5.41, 5.74) is 2.52. The van der Waals surface area contributed by atoms with Crippen molar-refractivity contribution in [2.45, 2.75) is 13.3 Å². The van der Waals surface area contributed by atoms with Gasteiger partial charge in [-0.25, -0.2) is 4.79 Å². The number of rotatable bonds is 4. The van der Waals surface area contributed by atoms with Gasteiger partial charge in [-0.05, 0) is 58.8 Å². The number of nitrogens with one attached hydrogen (secondary N) is 1. The van der Waals surface area contributed by atoms with Crippen LogP contribution in [0.5, 0.6) is 0 Å². The van der Waals surface area contributed by atoms with Crippen molar-refractivity contribution in [3.05, 3.63) is 62.7 Å². The van der Waals surface area contributed by atoms with E-state index in [1.54, 1.807) is 18.2 Å². The van der Waals surface area contributed by atoms with E-state index in [4.69, 9.17) is 5.11 Å². The molecule has 5 heteroatoms. The van der Waals surface area contributed by atoms with Crippen LogP contribution in [-0.2, 0) is 11.2 Å². The molecule has 0 aliphatic heterocycles. The standard InChI is InChI=1S/C16H14INO3/c1-10-6-7-12(9-14(10)17)18-15(19)8-11-4-2-3-5-13(11)16(20)21/h2-7,9H,8H2,1H3,(H,18,19)(H,20,21). The van der Waals surface area contributed by atoms with Crippen molar-refractivity contribution < 1.29 is 14.7 Å². The molecule has 2 N–H and O–H groups in total. The summed E-state index contributed by atoms with van der Waals surface area (Å²) in [6.45, 7) is 2.00. The third-order valence-electron chi connectivity index (χ3n) is 3.05. The molecule has 0 saturated heterocycles. The van der Waals surface area contributed by atoms with Gasteiger partial charge in [0.15, 0.2) is 0 Å². The number of hydrogen-bond donors (Lipinski definition) is 2. The van der Waals surface area contributed by atoms with Gasteiger partial charge in [0.2, 0.25) is 5.91 Å². The van der Waals surface area contributed by atoms with E-state index in [0.717, 1.165) is 9.13 Å². The van der Waals surface area contributed by atoms with Gasteiger partial charge < -0.3 is 10.4 Å². The molecule has 0 fully saturated rings. The van der Waals surface area contributed by atoms with Crippen LogP contribution in [0.2, 0.25) is 0 Å². The van der Waals surface area contributed by atoms with E-state index in [9.17, 15) is 9.59 Å². The van der Waals surface area contributed by atoms with E-state index >= 15 is 0 Å². The van der Waals surface area contributed by atoms with Crippen LogP contribution in [0.1, 0.15) is 21.5 Å². The lowest BCUT2D eigenvalue weighted by molar-refractivity contribution is -0.115. The van der Waals surface area contributed by atoms with Gasteiger partial charge >= 0.3 is 5.97 Å². The number of carbonyl (C=O) groups is 2. The van der Waals surface area contributed by atoms with Gasteiger partial charge in [0.05, 0.1) is 12.0 Å². The average molecular weight is 395 g/mol. The highest BCUT2D eigenvalue weighted by Gasteiger charge is 2.12. The third kappa shape index (κ3) is 4.04. The second-order valence-corrected chi connectivity index (χ2v) is 5.81. The minimum atomic E-state index is -1.02. The SMILES string of the molecule is Cc1ccc(NC(=O)Cc2ccccc2C(=O)O)cc1I. The van der Waals surface area contributed by atoms with Gasteiger partial charge in [-0.3, -0.25) is 4.79 Å². The number of amides is 1. The van der Waals surface area contributed by atoms with Crippen molar-refractivity contribution in [1.82, 2.24) is 0 Å². The first-order valence-corrected chi connectivity index (χ1v) is 7.42. The zero-order chi connectivity index (χ0) is 15.4. The lowest BCUT2D eigenvalue weighted by Gasteiger charge is -2.08. The summed E-state index contributed by atoms with van der Waals surface area (Å²) in [5, 5.41) is 11.9. The van der Waals surface area contributed by atoms with Gasteiger partial charge in [-0.1, -0.05) is 24.3 Å². The Hall–Kier alpha value is -1.89. The third-order valence-corrected chi connectivity index (χ3v) is 4.22. The highest BCUT2D eigenvalue weighted by molar-refractivity contribution is 14.1. The number of carboxylic acid groups (broad SMARTS) is 1. The number of carbonyl (C=O) groups excluding carboxylic acids is 1. The molecular weight excluding hydrogens is 381 g/mol. The number of halogens is 1. The van der Waals surface area contributed by atoms with Gasteiger partial charge in [-0.15, -0.1) is 0 Å². The van der Waals surface area contributed by atoms with Crippen LogP contribution in [0.4, 0.5) is 5.69 Å². The summed E-state index contributed by atoms with van der Waals surface area (Å²) < 4.78 is 1.07. The highest BCUT2D eigenvalue weighted by Crippen LogP contribution is 2.18. The Morgan fingerprint density at radius 3 is 2.57 bits per heavy atom. The lowest BCUT2D eigenvalue weighted by Crippen LogP contribution is -2.16. The Morgan fingerprint density at radius 2 is 1.90 bits per heavy atom. The maximum Gasteiger partial charge on any atom is 0.335 e. The Balaban J connectivity index is 2.12. The molecule has 0 aliphatic rings. The fourth-order valence-electron chi connectivity index (χ4n) is 1.93. The molecule has 108 valence electrons. The van der Waals surface area contributed by atoms with Gasteiger partial charge in [-0.2, -0.15) is 0 Å². The van der Waals surface area contributed by atoms with Crippen molar-refractivity contribution in [2.75, 3.05) is 5.32 Å². The molecule has 0 atom stereocenters. The molecule has 21 heavy (non-hydrogen) atoms. The summed E-state index contributed by atoms with van der Waals surface area (Å²) in [7, 11) is 0. The molecule has 0 unspecified atom stereocenters. The van der Waals surface area contributed by atoms with Gasteiger partial charge in [0, 0.05) is 9.26 Å². The van der Waals surface area contributed by atoms with Crippen molar-refractivity contribution in [3.63, 3.8) is 0 Å². The number of hydrogen-bond acceptors (Lipinski definition) is 2. The minimum absolute atomic E-state index is 0.0347. The van der Waals surface area contributed by atoms with Crippen molar-refractivity contribution in [2.24, 2.45) is 0 Å². The topological polar surface area (TPSA) is 66.4 Å². The van der Waals surface area contributed by atoms with E-state index < -0.39 is 5.97 Å². The van der Waals surface area contributed by atoms with E-state index in [1.807, 2.05) is 25.1 Å². The van der Waals surface area contributed by atoms with E-state index in [1.165, 1.54) is 6.07 Å². The number of aryl methyl sites for hydroxylation is 1.